The lowest BCUT2D eigenvalue weighted by atomic mass is 10.4. The molecule has 0 bridgehead atoms. The largest absolute Gasteiger partial charge is 0.387 e. The summed E-state index contributed by atoms with van der Waals surface area (Å²) in [6.45, 7) is 1.11. The predicted octanol–water partition coefficient (Wildman–Crippen LogP) is -0.805. The van der Waals surface area contributed by atoms with Gasteiger partial charge in [-0.15, -0.1) is 0 Å². The highest BCUT2D eigenvalue weighted by Crippen LogP contribution is 2.14. The summed E-state index contributed by atoms with van der Waals surface area (Å²) in [4.78, 5) is 0. The lowest BCUT2D eigenvalue weighted by Crippen LogP contribution is -2.43. The lowest BCUT2D eigenvalue weighted by Gasteiger charge is -2.22. The third-order valence-electron chi connectivity index (χ3n) is 2.18. The summed E-state index contributed by atoms with van der Waals surface area (Å²) < 4.78 is 26.1. The number of hydrogen-bond donors (Lipinski definition) is 2. The number of amidine groups is 1. The Hall–Kier alpha value is -0.660. The van der Waals surface area contributed by atoms with Gasteiger partial charge in [-0.25, -0.2) is 0 Å². The SMILES string of the molecule is CN(CC(=N)N)S(=O)(=O)N1CCCC1. The number of hydrogen-bond acceptors (Lipinski definition) is 3. The van der Waals surface area contributed by atoms with E-state index < -0.39 is 10.2 Å². The molecule has 0 amide bonds. The van der Waals surface area contributed by atoms with E-state index in [1.54, 1.807) is 0 Å². The van der Waals surface area contributed by atoms with E-state index in [2.05, 4.69) is 0 Å². The first kappa shape index (κ1) is 11.4. The molecule has 0 aromatic carbocycles. The Balaban J connectivity index is 2.68. The third kappa shape index (κ3) is 2.43. The average Bonchev–Trinajstić information content (AvgIpc) is 2.54. The standard InChI is InChI=1S/C7H16N4O2S/c1-10(6-7(8)9)14(12,13)11-4-2-3-5-11/h2-6H2,1H3,(H3,8,9). The first-order valence-corrected chi connectivity index (χ1v) is 5.88. The van der Waals surface area contributed by atoms with Crippen LogP contribution in [0.1, 0.15) is 12.8 Å². The summed E-state index contributed by atoms with van der Waals surface area (Å²) in [6.07, 6.45) is 1.82. The molecule has 7 heteroatoms. The van der Waals surface area contributed by atoms with E-state index in [4.69, 9.17) is 11.1 Å². The molecule has 1 aliphatic rings. The zero-order valence-corrected chi connectivity index (χ0v) is 9.05. The fourth-order valence-corrected chi connectivity index (χ4v) is 2.85. The minimum atomic E-state index is -3.39. The first-order chi connectivity index (χ1) is 6.44. The summed E-state index contributed by atoms with van der Waals surface area (Å²) in [5, 5.41) is 7.03. The summed E-state index contributed by atoms with van der Waals surface area (Å²) >= 11 is 0. The van der Waals surface area contributed by atoms with Crippen molar-refractivity contribution < 1.29 is 8.42 Å². The average molecular weight is 220 g/mol. The van der Waals surface area contributed by atoms with Crippen LogP contribution >= 0.6 is 0 Å². The van der Waals surface area contributed by atoms with Gasteiger partial charge >= 0.3 is 0 Å². The van der Waals surface area contributed by atoms with Crippen molar-refractivity contribution >= 4 is 16.0 Å². The molecule has 0 aliphatic carbocycles. The quantitative estimate of drug-likeness (QED) is 0.480. The van der Waals surface area contributed by atoms with Gasteiger partial charge in [0.25, 0.3) is 10.2 Å². The summed E-state index contributed by atoms with van der Waals surface area (Å²) in [7, 11) is -1.95. The lowest BCUT2D eigenvalue weighted by molar-refractivity contribution is 0.413. The number of nitrogens with two attached hydrogens (primary N) is 1. The normalized spacial score (nSPS) is 19.0. The number of likely N-dealkylation sites (N-methyl/N-ethyl adjacent to an activating group) is 1. The summed E-state index contributed by atoms with van der Waals surface area (Å²) in [5.74, 6) is -0.143. The second kappa shape index (κ2) is 4.24. The summed E-state index contributed by atoms with van der Waals surface area (Å²) in [5.41, 5.74) is 5.15. The number of nitrogens with one attached hydrogen (secondary N) is 1. The Morgan fingerprint density at radius 2 is 2.00 bits per heavy atom. The maximum Gasteiger partial charge on any atom is 0.282 e. The molecule has 3 N–H and O–H groups in total. The fourth-order valence-electron chi connectivity index (χ4n) is 1.44. The highest BCUT2D eigenvalue weighted by Gasteiger charge is 2.29. The molecule has 1 fully saturated rings. The molecule has 14 heavy (non-hydrogen) atoms. The van der Waals surface area contributed by atoms with E-state index in [0.717, 1.165) is 17.1 Å². The molecule has 1 aliphatic heterocycles. The maximum absolute atomic E-state index is 11.8. The Labute approximate surface area is 84.4 Å². The molecule has 0 radical (unpaired) electrons. The number of rotatable bonds is 4. The van der Waals surface area contributed by atoms with Crippen LogP contribution in [0.5, 0.6) is 0 Å². The van der Waals surface area contributed by atoms with E-state index in [1.807, 2.05) is 0 Å². The van der Waals surface area contributed by atoms with Crippen molar-refractivity contribution in [2.24, 2.45) is 5.73 Å². The molecule has 1 saturated heterocycles. The van der Waals surface area contributed by atoms with Crippen LogP contribution < -0.4 is 5.73 Å². The molecule has 0 saturated carbocycles. The van der Waals surface area contributed by atoms with Gasteiger partial charge in [0.15, 0.2) is 0 Å². The smallest absolute Gasteiger partial charge is 0.282 e. The fraction of sp³-hybridized carbons (Fsp3) is 0.857. The van der Waals surface area contributed by atoms with Gasteiger partial charge in [-0.05, 0) is 12.8 Å². The topological polar surface area (TPSA) is 90.5 Å². The zero-order valence-electron chi connectivity index (χ0n) is 8.23. The summed E-state index contributed by atoms with van der Waals surface area (Å²) in [6, 6.07) is 0. The van der Waals surface area contributed by atoms with Gasteiger partial charge in [-0.2, -0.15) is 17.0 Å². The van der Waals surface area contributed by atoms with Crippen molar-refractivity contribution in [2.45, 2.75) is 12.8 Å². The Bertz CT molecular complexity index is 308. The highest BCUT2D eigenvalue weighted by atomic mass is 32.2. The second-order valence-electron chi connectivity index (χ2n) is 3.40. The van der Waals surface area contributed by atoms with Crippen molar-refractivity contribution in [1.82, 2.24) is 8.61 Å². The highest BCUT2D eigenvalue weighted by molar-refractivity contribution is 7.86. The zero-order chi connectivity index (χ0) is 10.8. The van der Waals surface area contributed by atoms with Crippen LogP contribution in [0, 0.1) is 5.41 Å². The second-order valence-corrected chi connectivity index (χ2v) is 5.43. The van der Waals surface area contributed by atoms with E-state index >= 15 is 0 Å². The number of nitrogens with zero attached hydrogens (tertiary/aromatic N) is 2. The predicted molar refractivity (Wildman–Crippen MR) is 54.3 cm³/mol. The first-order valence-electron chi connectivity index (χ1n) is 4.49. The van der Waals surface area contributed by atoms with E-state index in [-0.39, 0.29) is 12.4 Å². The molecule has 6 nitrogen and oxygen atoms in total. The Kier molecular flexibility index (Phi) is 3.46. The van der Waals surface area contributed by atoms with Gasteiger partial charge < -0.3 is 5.73 Å². The van der Waals surface area contributed by atoms with Crippen LogP contribution in [0.15, 0.2) is 0 Å². The minimum absolute atomic E-state index is 0.0428. The van der Waals surface area contributed by atoms with Crippen molar-refractivity contribution in [3.8, 4) is 0 Å². The molecule has 0 aromatic heterocycles. The molecule has 0 atom stereocenters. The third-order valence-corrected chi connectivity index (χ3v) is 4.11. The van der Waals surface area contributed by atoms with Crippen LogP contribution in [0.25, 0.3) is 0 Å². The van der Waals surface area contributed by atoms with Gasteiger partial charge in [0.2, 0.25) is 0 Å². The maximum atomic E-state index is 11.8. The van der Waals surface area contributed by atoms with Gasteiger partial charge in [-0.3, -0.25) is 5.41 Å². The van der Waals surface area contributed by atoms with E-state index in [9.17, 15) is 8.42 Å². The monoisotopic (exact) mass is 220 g/mol. The van der Waals surface area contributed by atoms with Gasteiger partial charge in [0, 0.05) is 20.1 Å². The van der Waals surface area contributed by atoms with Crippen LogP contribution in [0.2, 0.25) is 0 Å². The molecule has 0 aromatic rings. The molecular formula is C7H16N4O2S. The molecule has 0 unspecified atom stereocenters. The molecule has 0 spiro atoms. The Morgan fingerprint density at radius 1 is 1.50 bits per heavy atom. The van der Waals surface area contributed by atoms with Crippen LogP contribution in [0.4, 0.5) is 0 Å². The van der Waals surface area contributed by atoms with Crippen molar-refractivity contribution in [3.63, 3.8) is 0 Å². The Morgan fingerprint density at radius 3 is 2.43 bits per heavy atom. The molecule has 82 valence electrons. The molecule has 1 rings (SSSR count). The van der Waals surface area contributed by atoms with E-state index in [1.165, 1.54) is 11.4 Å². The van der Waals surface area contributed by atoms with Gasteiger partial charge in [-0.1, -0.05) is 0 Å². The van der Waals surface area contributed by atoms with Crippen LogP contribution in [-0.4, -0.2) is 49.5 Å². The van der Waals surface area contributed by atoms with E-state index in [0.29, 0.717) is 13.1 Å². The molecular weight excluding hydrogens is 204 g/mol. The van der Waals surface area contributed by atoms with Gasteiger partial charge in [0.05, 0.1) is 6.54 Å². The molecule has 1 heterocycles. The van der Waals surface area contributed by atoms with Crippen LogP contribution in [0.3, 0.4) is 0 Å². The minimum Gasteiger partial charge on any atom is -0.387 e. The van der Waals surface area contributed by atoms with Gasteiger partial charge in [0.1, 0.15) is 5.84 Å². The van der Waals surface area contributed by atoms with Crippen molar-refractivity contribution in [1.29, 1.82) is 5.41 Å². The van der Waals surface area contributed by atoms with Crippen molar-refractivity contribution in [3.05, 3.63) is 0 Å². The van der Waals surface area contributed by atoms with Crippen LogP contribution in [-0.2, 0) is 10.2 Å². The van der Waals surface area contributed by atoms with Crippen molar-refractivity contribution in [2.75, 3.05) is 26.7 Å².